The van der Waals surface area contributed by atoms with Crippen molar-refractivity contribution >= 4 is 29.8 Å². The van der Waals surface area contributed by atoms with Crippen LogP contribution in [0.1, 0.15) is 63.2 Å². The highest BCUT2D eigenvalue weighted by molar-refractivity contribution is 6.34. The summed E-state index contributed by atoms with van der Waals surface area (Å²) in [6.45, 7) is 1.94. The Balaban J connectivity index is 1.47. The normalized spacial score (nSPS) is 22.6. The van der Waals surface area contributed by atoms with Crippen LogP contribution >= 0.6 is 11.6 Å². The number of aromatic carboxylic acids is 1. The molecule has 2 atom stereocenters. The number of aldehydes is 1. The summed E-state index contributed by atoms with van der Waals surface area (Å²) in [5.41, 5.74) is -3.24. The van der Waals surface area contributed by atoms with E-state index in [4.69, 9.17) is 11.6 Å². The first-order valence-corrected chi connectivity index (χ1v) is 15.5. The van der Waals surface area contributed by atoms with Gasteiger partial charge in [0.1, 0.15) is 12.1 Å². The standard InChI is InChI=1S/C33H33ClF4N4O4/c1-40(2)20-9-13-41(16-20)17-31(18-43)10-8-22-26(15-31)42(39-28(22)21-7-6-19(30(45)46)14-25(21)35)29(44)27-23(4-3-5-24(27)34)32(11-12-32)33(36,37)38/h3-7,14,18,20H,8-13,15-17H2,1-2H3,(H,45,46)/t20-,31?/m1/s1. The topological polar surface area (TPSA) is 95.7 Å². The molecule has 8 nitrogen and oxygen atoms in total. The molecule has 244 valence electrons. The second kappa shape index (κ2) is 11.6. The highest BCUT2D eigenvalue weighted by Gasteiger charge is 2.65. The van der Waals surface area contributed by atoms with E-state index < -0.39 is 34.7 Å². The summed E-state index contributed by atoms with van der Waals surface area (Å²) < 4.78 is 59.3. The van der Waals surface area contributed by atoms with Crippen LogP contribution in [0.4, 0.5) is 17.6 Å². The first-order valence-electron chi connectivity index (χ1n) is 15.1. The Kier molecular flexibility index (Phi) is 8.13. The zero-order valence-electron chi connectivity index (χ0n) is 25.3. The largest absolute Gasteiger partial charge is 0.478 e. The summed E-state index contributed by atoms with van der Waals surface area (Å²) in [6, 6.07) is 7.62. The summed E-state index contributed by atoms with van der Waals surface area (Å²) in [5, 5.41) is 13.6. The number of likely N-dealkylation sites (N-methyl/N-ethyl adjacent to an activating group) is 1. The number of carboxylic acid groups (broad SMARTS) is 1. The number of alkyl halides is 3. The van der Waals surface area contributed by atoms with Gasteiger partial charge in [0, 0.05) is 42.1 Å². The molecule has 0 radical (unpaired) electrons. The van der Waals surface area contributed by atoms with Crippen LogP contribution in [0.3, 0.4) is 0 Å². The molecule has 6 rings (SSSR count). The summed E-state index contributed by atoms with van der Waals surface area (Å²) in [7, 11) is 4.00. The molecule has 2 aliphatic carbocycles. The minimum atomic E-state index is -4.62. The lowest BCUT2D eigenvalue weighted by Gasteiger charge is -2.36. The summed E-state index contributed by atoms with van der Waals surface area (Å²) >= 11 is 6.46. The van der Waals surface area contributed by atoms with Crippen molar-refractivity contribution in [1.82, 2.24) is 19.6 Å². The van der Waals surface area contributed by atoms with Crippen LogP contribution in [0.5, 0.6) is 0 Å². The molecule has 1 aromatic heterocycles. The number of fused-ring (bicyclic) bond motifs is 1. The fourth-order valence-corrected chi connectivity index (χ4v) is 7.38. The van der Waals surface area contributed by atoms with Crippen LogP contribution in [0.2, 0.25) is 5.02 Å². The lowest BCUT2D eigenvalue weighted by atomic mass is 9.73. The van der Waals surface area contributed by atoms with Crippen LogP contribution in [0, 0.1) is 11.2 Å². The van der Waals surface area contributed by atoms with Crippen molar-refractivity contribution < 1.29 is 37.1 Å². The molecule has 1 aliphatic heterocycles. The molecule has 1 saturated heterocycles. The summed E-state index contributed by atoms with van der Waals surface area (Å²) in [4.78, 5) is 43.0. The predicted molar refractivity (Wildman–Crippen MR) is 162 cm³/mol. The first kappa shape index (κ1) is 32.3. The van der Waals surface area contributed by atoms with Gasteiger partial charge >= 0.3 is 12.1 Å². The van der Waals surface area contributed by atoms with Crippen molar-refractivity contribution in [1.29, 1.82) is 0 Å². The Hall–Kier alpha value is -3.61. The maximum absolute atomic E-state index is 15.4. The number of carboxylic acids is 1. The van der Waals surface area contributed by atoms with Crippen molar-refractivity contribution in [2.24, 2.45) is 5.41 Å². The predicted octanol–water partition coefficient (Wildman–Crippen LogP) is 5.63. The van der Waals surface area contributed by atoms with Crippen LogP contribution in [0.15, 0.2) is 36.4 Å². The van der Waals surface area contributed by atoms with Crippen molar-refractivity contribution in [2.45, 2.75) is 56.2 Å². The maximum Gasteiger partial charge on any atom is 0.398 e. The third-order valence-corrected chi connectivity index (χ3v) is 10.3. The van der Waals surface area contributed by atoms with Crippen molar-refractivity contribution in [3.8, 4) is 11.3 Å². The van der Waals surface area contributed by atoms with Gasteiger partial charge in [0.05, 0.1) is 33.0 Å². The number of nitrogens with zero attached hydrogens (tertiary/aromatic N) is 4. The van der Waals surface area contributed by atoms with Crippen molar-refractivity contribution in [2.75, 3.05) is 33.7 Å². The number of carbonyl (C=O) groups is 3. The molecule has 3 aliphatic rings. The lowest BCUT2D eigenvalue weighted by molar-refractivity contribution is -0.160. The van der Waals surface area contributed by atoms with Crippen LogP contribution in [-0.4, -0.2) is 88.8 Å². The molecular formula is C33H33ClF4N4O4. The zero-order valence-corrected chi connectivity index (χ0v) is 26.1. The number of rotatable bonds is 8. The van der Waals surface area contributed by atoms with Gasteiger partial charge < -0.3 is 19.7 Å². The van der Waals surface area contributed by atoms with E-state index in [2.05, 4.69) is 14.9 Å². The number of carbonyl (C=O) groups excluding carboxylic acids is 2. The third kappa shape index (κ3) is 5.43. The Labute approximate surface area is 267 Å². The van der Waals surface area contributed by atoms with Gasteiger partial charge in [-0.1, -0.05) is 23.7 Å². The number of hydrogen-bond acceptors (Lipinski definition) is 6. The Morgan fingerprint density at radius 2 is 1.91 bits per heavy atom. The third-order valence-electron chi connectivity index (χ3n) is 9.95. The molecule has 0 bridgehead atoms. The van der Waals surface area contributed by atoms with Crippen molar-refractivity contribution in [3.05, 3.63) is 75.2 Å². The van der Waals surface area contributed by atoms with E-state index in [-0.39, 0.29) is 58.7 Å². The van der Waals surface area contributed by atoms with Crippen molar-refractivity contribution in [3.63, 3.8) is 0 Å². The van der Waals surface area contributed by atoms with Crippen LogP contribution in [-0.2, 0) is 23.1 Å². The number of benzene rings is 2. The zero-order chi connectivity index (χ0) is 33.2. The van der Waals surface area contributed by atoms with Crippen LogP contribution < -0.4 is 0 Å². The van der Waals surface area contributed by atoms with E-state index in [1.165, 1.54) is 30.3 Å². The quantitative estimate of drug-likeness (QED) is 0.247. The van der Waals surface area contributed by atoms with E-state index in [0.717, 1.165) is 36.5 Å². The van der Waals surface area contributed by atoms with Gasteiger partial charge in [-0.3, -0.25) is 4.79 Å². The molecule has 46 heavy (non-hydrogen) atoms. The SMILES string of the molecule is CN(C)[C@@H]1CCN(CC2(C=O)CCc3c(-c4ccc(C(=O)O)cc4F)nn(C(=O)c4c(Cl)cccc4C4(C(F)(F)F)CC4)c3C2)C1. The van der Waals surface area contributed by atoms with Crippen LogP contribution in [0.25, 0.3) is 11.3 Å². The lowest BCUT2D eigenvalue weighted by Crippen LogP contribution is -2.43. The van der Waals surface area contributed by atoms with Gasteiger partial charge in [-0.2, -0.15) is 23.0 Å². The molecule has 3 aromatic rings. The molecule has 0 amide bonds. The fraction of sp³-hybridized carbons (Fsp3) is 0.455. The minimum absolute atomic E-state index is 0.0483. The first-order chi connectivity index (χ1) is 21.7. The minimum Gasteiger partial charge on any atom is -0.478 e. The monoisotopic (exact) mass is 660 g/mol. The number of aromatic nitrogens is 2. The van der Waals surface area contributed by atoms with Gasteiger partial charge in [-0.15, -0.1) is 0 Å². The highest BCUT2D eigenvalue weighted by atomic mass is 35.5. The molecular weight excluding hydrogens is 628 g/mol. The molecule has 2 aromatic carbocycles. The summed E-state index contributed by atoms with van der Waals surface area (Å²) in [5.74, 6) is -3.12. The second-order valence-electron chi connectivity index (χ2n) is 13.0. The van der Waals surface area contributed by atoms with E-state index in [0.29, 0.717) is 30.3 Å². The van der Waals surface area contributed by atoms with Gasteiger partial charge in [-0.25, -0.2) is 9.18 Å². The molecule has 1 N–H and O–H groups in total. The number of hydrogen-bond donors (Lipinski definition) is 1. The molecule has 2 fully saturated rings. The fourth-order valence-electron chi connectivity index (χ4n) is 7.12. The van der Waals surface area contributed by atoms with Gasteiger partial charge in [-0.05, 0) is 82.6 Å². The maximum atomic E-state index is 15.4. The van der Waals surface area contributed by atoms with E-state index in [1.807, 2.05) is 14.1 Å². The molecule has 13 heteroatoms. The Morgan fingerprint density at radius 1 is 1.17 bits per heavy atom. The molecule has 1 saturated carbocycles. The van der Waals surface area contributed by atoms with E-state index in [9.17, 15) is 32.7 Å². The Morgan fingerprint density at radius 3 is 2.50 bits per heavy atom. The Bertz CT molecular complexity index is 1730. The molecule has 1 unspecified atom stereocenters. The van der Waals surface area contributed by atoms with E-state index >= 15 is 4.39 Å². The highest BCUT2D eigenvalue weighted by Crippen LogP contribution is 2.60. The van der Waals surface area contributed by atoms with Gasteiger partial charge in [0.2, 0.25) is 0 Å². The number of likely N-dealkylation sites (tertiary alicyclic amines) is 1. The van der Waals surface area contributed by atoms with E-state index in [1.54, 1.807) is 0 Å². The van der Waals surface area contributed by atoms with Gasteiger partial charge in [0.25, 0.3) is 5.91 Å². The molecule has 2 heterocycles. The molecule has 0 spiro atoms. The smallest absolute Gasteiger partial charge is 0.398 e. The average molecular weight is 661 g/mol. The second-order valence-corrected chi connectivity index (χ2v) is 13.4. The average Bonchev–Trinajstić information content (AvgIpc) is 3.57. The summed E-state index contributed by atoms with van der Waals surface area (Å²) in [6.07, 6.45) is -2.54. The number of halogens is 5. The van der Waals surface area contributed by atoms with Gasteiger partial charge in [0.15, 0.2) is 0 Å².